The molecule has 27 heavy (non-hydrogen) atoms. The molecule has 0 bridgehead atoms. The smallest absolute Gasteiger partial charge is 0.307 e. The Balaban J connectivity index is 1.56. The molecule has 0 aromatic carbocycles. The fourth-order valence-corrected chi connectivity index (χ4v) is 8.09. The number of rotatable bonds is 3. The van der Waals surface area contributed by atoms with Crippen molar-refractivity contribution in [3.05, 3.63) is 0 Å². The molecule has 0 aromatic heterocycles. The zero-order valence-corrected chi connectivity index (χ0v) is 17.1. The third kappa shape index (κ3) is 2.96. The van der Waals surface area contributed by atoms with Crippen LogP contribution in [-0.4, -0.2) is 34.6 Å². The minimum Gasteiger partial charge on any atom is -0.481 e. The van der Waals surface area contributed by atoms with Gasteiger partial charge in [0.05, 0.1) is 18.1 Å². The van der Waals surface area contributed by atoms with Crippen LogP contribution < -0.4 is 5.73 Å². The highest BCUT2D eigenvalue weighted by Crippen LogP contribution is 2.67. The molecular formula is C22H37NO4. The van der Waals surface area contributed by atoms with Crippen molar-refractivity contribution in [1.82, 2.24) is 0 Å². The highest BCUT2D eigenvalue weighted by molar-refractivity contribution is 5.71. The van der Waals surface area contributed by atoms with Gasteiger partial charge in [0.2, 0.25) is 0 Å². The van der Waals surface area contributed by atoms with Crippen molar-refractivity contribution >= 4 is 5.97 Å². The number of nitrogens with two attached hydrogens (primary N) is 1. The number of fused-ring (bicyclic) bond motifs is 5. The number of hydrogen-bond acceptors (Lipinski definition) is 4. The van der Waals surface area contributed by atoms with E-state index in [0.717, 1.165) is 38.5 Å². The normalized spacial score (nSPS) is 53.1. The lowest BCUT2D eigenvalue weighted by Gasteiger charge is -2.61. The van der Waals surface area contributed by atoms with Crippen LogP contribution in [0, 0.1) is 40.4 Å². The van der Waals surface area contributed by atoms with E-state index in [2.05, 4.69) is 13.8 Å². The fourth-order valence-electron chi connectivity index (χ4n) is 8.09. The van der Waals surface area contributed by atoms with E-state index in [4.69, 9.17) is 10.5 Å². The van der Waals surface area contributed by atoms with Crippen LogP contribution in [0.4, 0.5) is 0 Å². The summed E-state index contributed by atoms with van der Waals surface area (Å²) in [5.74, 6) is 1.56. The Morgan fingerprint density at radius 1 is 1.11 bits per heavy atom. The van der Waals surface area contributed by atoms with Crippen molar-refractivity contribution in [2.45, 2.75) is 90.6 Å². The maximum atomic E-state index is 11.8. The van der Waals surface area contributed by atoms with Crippen LogP contribution in [0.3, 0.4) is 0 Å². The Kier molecular flexibility index (Phi) is 4.88. The largest absolute Gasteiger partial charge is 0.481 e. The summed E-state index contributed by atoms with van der Waals surface area (Å²) in [6.45, 7) is 6.47. The first-order chi connectivity index (χ1) is 12.7. The van der Waals surface area contributed by atoms with E-state index in [1.807, 2.05) is 6.92 Å². The lowest BCUT2D eigenvalue weighted by atomic mass is 9.44. The molecule has 154 valence electrons. The minimum absolute atomic E-state index is 0.0376. The van der Waals surface area contributed by atoms with Crippen molar-refractivity contribution in [2.24, 2.45) is 46.2 Å². The third-order valence-corrected chi connectivity index (χ3v) is 9.35. The quantitative estimate of drug-likeness (QED) is 0.654. The molecule has 4 fully saturated rings. The summed E-state index contributed by atoms with van der Waals surface area (Å²) in [6.07, 6.45) is 7.19. The molecule has 4 aliphatic rings. The maximum Gasteiger partial charge on any atom is 0.307 e. The average Bonchev–Trinajstić information content (AvgIpc) is 2.93. The van der Waals surface area contributed by atoms with Crippen LogP contribution in [0.1, 0.15) is 72.1 Å². The van der Waals surface area contributed by atoms with Gasteiger partial charge in [-0.1, -0.05) is 13.8 Å². The van der Waals surface area contributed by atoms with E-state index in [0.29, 0.717) is 23.7 Å². The Bertz CT molecular complexity index is 595. The number of aliphatic hydroxyl groups is 1. The van der Waals surface area contributed by atoms with Gasteiger partial charge in [-0.3, -0.25) is 4.79 Å². The number of ether oxygens (including phenoxy) is 1. The molecule has 4 saturated carbocycles. The van der Waals surface area contributed by atoms with Crippen LogP contribution in [0.2, 0.25) is 0 Å². The van der Waals surface area contributed by atoms with Gasteiger partial charge < -0.3 is 20.7 Å². The van der Waals surface area contributed by atoms with Gasteiger partial charge in [-0.25, -0.2) is 0 Å². The van der Waals surface area contributed by atoms with E-state index in [1.54, 1.807) is 0 Å². The van der Waals surface area contributed by atoms with Crippen LogP contribution >= 0.6 is 0 Å². The zero-order chi connectivity index (χ0) is 19.6. The lowest BCUT2D eigenvalue weighted by Crippen LogP contribution is -2.57. The molecule has 4 N–H and O–H groups in total. The van der Waals surface area contributed by atoms with Crippen molar-refractivity contribution in [3.63, 3.8) is 0 Å². The highest BCUT2D eigenvalue weighted by Gasteiger charge is 2.62. The van der Waals surface area contributed by atoms with Gasteiger partial charge in [0, 0.05) is 0 Å². The SMILES string of the molecule is CC(N)O[C@H]1C[C@@H]2CC[C@@H]3[C@H](CC[C@]4(C)[C@@H](C(=O)O)CC[C@@H]34)[C@@]2(C)C[C@@H]1O. The minimum atomic E-state index is -0.595. The summed E-state index contributed by atoms with van der Waals surface area (Å²) >= 11 is 0. The summed E-state index contributed by atoms with van der Waals surface area (Å²) in [5, 5.41) is 20.5. The van der Waals surface area contributed by atoms with Gasteiger partial charge in [-0.05, 0) is 92.8 Å². The monoisotopic (exact) mass is 379 g/mol. The summed E-state index contributed by atoms with van der Waals surface area (Å²) in [4.78, 5) is 11.8. The third-order valence-electron chi connectivity index (χ3n) is 9.35. The summed E-state index contributed by atoms with van der Waals surface area (Å²) in [5.41, 5.74) is 5.93. The molecule has 4 aliphatic carbocycles. The summed E-state index contributed by atoms with van der Waals surface area (Å²) in [6, 6.07) is 0. The number of carboxylic acids is 1. The molecule has 0 aromatic rings. The fraction of sp³-hybridized carbons (Fsp3) is 0.955. The average molecular weight is 380 g/mol. The molecule has 0 saturated heterocycles. The Morgan fingerprint density at radius 3 is 2.48 bits per heavy atom. The predicted octanol–water partition coefficient (Wildman–Crippen LogP) is 3.39. The molecule has 0 amide bonds. The number of carbonyl (C=O) groups is 1. The molecule has 0 radical (unpaired) electrons. The van der Waals surface area contributed by atoms with Crippen LogP contribution in [0.5, 0.6) is 0 Å². The molecule has 5 nitrogen and oxygen atoms in total. The summed E-state index contributed by atoms with van der Waals surface area (Å²) in [7, 11) is 0. The Hall–Kier alpha value is -0.650. The van der Waals surface area contributed by atoms with Crippen LogP contribution in [0.25, 0.3) is 0 Å². The topological polar surface area (TPSA) is 92.8 Å². The van der Waals surface area contributed by atoms with Gasteiger partial charge in [0.1, 0.15) is 6.23 Å². The Morgan fingerprint density at radius 2 is 1.81 bits per heavy atom. The molecule has 0 heterocycles. The first-order valence-corrected chi connectivity index (χ1v) is 11.0. The second kappa shape index (κ2) is 6.70. The first-order valence-electron chi connectivity index (χ1n) is 11.0. The number of carboxylic acid groups (broad SMARTS) is 1. The van der Waals surface area contributed by atoms with E-state index >= 15 is 0 Å². The molecule has 5 heteroatoms. The first kappa shape index (κ1) is 19.7. The molecule has 0 aliphatic heterocycles. The number of hydrogen-bond donors (Lipinski definition) is 3. The van der Waals surface area contributed by atoms with Crippen LogP contribution in [0.15, 0.2) is 0 Å². The second-order valence-corrected chi connectivity index (χ2v) is 10.6. The predicted molar refractivity (Wildman–Crippen MR) is 103 cm³/mol. The molecule has 10 atom stereocenters. The van der Waals surface area contributed by atoms with Gasteiger partial charge in [-0.2, -0.15) is 0 Å². The molecule has 4 rings (SSSR count). The maximum absolute atomic E-state index is 11.8. The van der Waals surface area contributed by atoms with E-state index < -0.39 is 12.1 Å². The van der Waals surface area contributed by atoms with Crippen molar-refractivity contribution in [2.75, 3.05) is 0 Å². The number of aliphatic hydroxyl groups excluding tert-OH is 1. The van der Waals surface area contributed by atoms with Crippen molar-refractivity contribution in [3.8, 4) is 0 Å². The van der Waals surface area contributed by atoms with E-state index in [1.165, 1.54) is 12.8 Å². The van der Waals surface area contributed by atoms with E-state index in [-0.39, 0.29) is 29.1 Å². The van der Waals surface area contributed by atoms with Gasteiger partial charge >= 0.3 is 5.97 Å². The van der Waals surface area contributed by atoms with E-state index in [9.17, 15) is 15.0 Å². The standard InChI is InChI=1S/C22H37NO4/c1-12(23)27-19-10-13-4-5-14-15-6-7-17(20(25)26)21(15,2)9-8-16(14)22(13,3)11-18(19)24/h12-19,24H,4-11,23H2,1-3H3,(H,25,26)/t12?,13-,14-,15-,16-,17+,18-,19-,21-,22-/m0/s1. The molecular weight excluding hydrogens is 342 g/mol. The van der Waals surface area contributed by atoms with Gasteiger partial charge in [0.15, 0.2) is 0 Å². The second-order valence-electron chi connectivity index (χ2n) is 10.6. The van der Waals surface area contributed by atoms with Gasteiger partial charge in [0.25, 0.3) is 0 Å². The van der Waals surface area contributed by atoms with Gasteiger partial charge in [-0.15, -0.1) is 0 Å². The van der Waals surface area contributed by atoms with Crippen LogP contribution in [-0.2, 0) is 9.53 Å². The molecule has 1 unspecified atom stereocenters. The zero-order valence-electron chi connectivity index (χ0n) is 17.1. The highest BCUT2D eigenvalue weighted by atomic mass is 16.5. The number of aliphatic carboxylic acids is 1. The van der Waals surface area contributed by atoms with Crippen molar-refractivity contribution in [1.29, 1.82) is 0 Å². The van der Waals surface area contributed by atoms with Crippen molar-refractivity contribution < 1.29 is 19.7 Å². The Labute approximate surface area is 163 Å². The molecule has 0 spiro atoms. The summed E-state index contributed by atoms with van der Waals surface area (Å²) < 4.78 is 5.82. The lowest BCUT2D eigenvalue weighted by molar-refractivity contribution is -0.181.